The lowest BCUT2D eigenvalue weighted by atomic mass is 10.3. The summed E-state index contributed by atoms with van der Waals surface area (Å²) in [6, 6.07) is 9.02. The van der Waals surface area contributed by atoms with Crippen LogP contribution in [-0.2, 0) is 0 Å². The van der Waals surface area contributed by atoms with Crippen LogP contribution in [0.5, 0.6) is 0 Å². The molecule has 0 aliphatic rings. The summed E-state index contributed by atoms with van der Waals surface area (Å²) >= 11 is 0. The maximum atomic E-state index is 8.38. The van der Waals surface area contributed by atoms with Crippen LogP contribution in [0.1, 0.15) is 0 Å². The van der Waals surface area contributed by atoms with Crippen LogP contribution in [0.15, 0.2) is 30.3 Å². The first-order valence-electron chi connectivity index (χ1n) is 3.28. The van der Waals surface area contributed by atoms with Crippen LogP contribution in [0, 0.1) is 22.9 Å². The summed E-state index contributed by atoms with van der Waals surface area (Å²) in [5.41, 5.74) is 3.30. The van der Waals surface area contributed by atoms with E-state index in [4.69, 9.17) is 10.5 Å². The van der Waals surface area contributed by atoms with E-state index in [-0.39, 0.29) is 0 Å². The Morgan fingerprint density at radius 3 is 2.17 bits per heavy atom. The maximum absolute atomic E-state index is 8.38. The summed E-state index contributed by atoms with van der Waals surface area (Å²) < 4.78 is 0. The highest BCUT2D eigenvalue weighted by Gasteiger charge is 1.96. The molecule has 0 aliphatic carbocycles. The Morgan fingerprint density at radius 1 is 1.08 bits per heavy atom. The van der Waals surface area contributed by atoms with E-state index in [2.05, 4.69) is 5.43 Å². The molecule has 4 heteroatoms. The predicted octanol–water partition coefficient (Wildman–Crippen LogP) is 1.28. The van der Waals surface area contributed by atoms with Crippen molar-refractivity contribution in [2.45, 2.75) is 0 Å². The largest absolute Gasteiger partial charge is 0.276 e. The highest BCUT2D eigenvalue weighted by Crippen LogP contribution is 2.04. The van der Waals surface area contributed by atoms with Crippen LogP contribution in [0.3, 0.4) is 0 Å². The molecular weight excluding hydrogens is 152 g/mol. The molecule has 4 nitrogen and oxygen atoms in total. The molecule has 0 amide bonds. The Morgan fingerprint density at radius 2 is 1.67 bits per heavy atom. The van der Waals surface area contributed by atoms with Gasteiger partial charge in [-0.25, -0.2) is 0 Å². The van der Waals surface area contributed by atoms with E-state index in [1.165, 1.54) is 0 Å². The molecule has 1 aromatic rings. The fourth-order valence-corrected chi connectivity index (χ4v) is 0.714. The molecular formula is C8H6N4. The van der Waals surface area contributed by atoms with Gasteiger partial charge in [-0.05, 0) is 12.1 Å². The molecule has 0 radical (unpaired) electrons. The third kappa shape index (κ3) is 1.89. The summed E-state index contributed by atoms with van der Waals surface area (Å²) in [6.45, 7) is 0. The van der Waals surface area contributed by atoms with Gasteiger partial charge in [-0.1, -0.05) is 18.2 Å². The van der Waals surface area contributed by atoms with Crippen molar-refractivity contribution in [3.8, 4) is 12.4 Å². The number of anilines is 1. The molecule has 12 heavy (non-hydrogen) atoms. The molecule has 0 unspecified atom stereocenters. The molecule has 0 saturated heterocycles. The molecule has 0 saturated carbocycles. The average Bonchev–Trinajstić information content (AvgIpc) is 2.16. The molecule has 1 rings (SSSR count). The van der Waals surface area contributed by atoms with Crippen molar-refractivity contribution in [3.63, 3.8) is 0 Å². The van der Waals surface area contributed by atoms with E-state index >= 15 is 0 Å². The Labute approximate surface area is 70.2 Å². The minimum atomic E-state index is 0.709. The summed E-state index contributed by atoms with van der Waals surface area (Å²) in [5.74, 6) is 0. The van der Waals surface area contributed by atoms with Crippen molar-refractivity contribution in [2.24, 2.45) is 0 Å². The predicted molar refractivity (Wildman–Crippen MR) is 43.1 cm³/mol. The zero-order chi connectivity index (χ0) is 8.81. The second kappa shape index (κ2) is 3.85. The number of para-hydroxylation sites is 1. The zero-order valence-corrected chi connectivity index (χ0v) is 6.23. The normalized spacial score (nSPS) is 7.83. The van der Waals surface area contributed by atoms with Gasteiger partial charge in [0.15, 0.2) is 0 Å². The number of hydrazine groups is 1. The lowest BCUT2D eigenvalue weighted by molar-refractivity contribution is 0.655. The molecule has 0 heterocycles. The van der Waals surface area contributed by atoms with Crippen LogP contribution in [-0.4, -0.2) is 5.01 Å². The number of nitrogens with one attached hydrogen (secondary N) is 1. The number of nitrogens with zero attached hydrogens (tertiary/aromatic N) is 3. The summed E-state index contributed by atoms with van der Waals surface area (Å²) in [6.07, 6.45) is 3.32. The minimum absolute atomic E-state index is 0.709. The zero-order valence-electron chi connectivity index (χ0n) is 6.23. The lowest BCUT2D eigenvalue weighted by Gasteiger charge is -2.07. The Balaban J connectivity index is 2.66. The average molecular weight is 158 g/mol. The van der Waals surface area contributed by atoms with Gasteiger partial charge >= 0.3 is 0 Å². The monoisotopic (exact) mass is 158 g/mol. The first kappa shape index (κ1) is 7.90. The first-order valence-corrected chi connectivity index (χ1v) is 3.28. The van der Waals surface area contributed by atoms with Crippen molar-refractivity contribution in [1.82, 2.24) is 5.01 Å². The Hall–Kier alpha value is -2.20. The van der Waals surface area contributed by atoms with Gasteiger partial charge in [-0.3, -0.25) is 5.43 Å². The third-order valence-corrected chi connectivity index (χ3v) is 1.21. The molecule has 0 aliphatic heterocycles. The Bertz CT molecular complexity index is 305. The van der Waals surface area contributed by atoms with E-state index in [1.54, 1.807) is 24.5 Å². The maximum Gasteiger partial charge on any atom is 0.215 e. The highest BCUT2D eigenvalue weighted by molar-refractivity contribution is 5.42. The highest BCUT2D eigenvalue weighted by atomic mass is 15.5. The van der Waals surface area contributed by atoms with Gasteiger partial charge in [0.25, 0.3) is 0 Å². The Kier molecular flexibility index (Phi) is 2.53. The fraction of sp³-hybridized carbons (Fsp3) is 0. The van der Waals surface area contributed by atoms with Crippen LogP contribution in [0.25, 0.3) is 0 Å². The summed E-state index contributed by atoms with van der Waals surface area (Å²) in [5, 5.41) is 17.5. The van der Waals surface area contributed by atoms with Crippen LogP contribution >= 0.6 is 0 Å². The summed E-state index contributed by atoms with van der Waals surface area (Å²) in [7, 11) is 0. The van der Waals surface area contributed by atoms with E-state index < -0.39 is 0 Å². The van der Waals surface area contributed by atoms with E-state index in [0.29, 0.717) is 5.69 Å². The molecule has 0 atom stereocenters. The number of rotatable bonds is 2. The molecule has 1 aromatic carbocycles. The molecule has 58 valence electrons. The van der Waals surface area contributed by atoms with Gasteiger partial charge in [0.1, 0.15) is 0 Å². The number of nitriles is 2. The number of hydrogen-bond acceptors (Lipinski definition) is 4. The van der Waals surface area contributed by atoms with Crippen LogP contribution < -0.4 is 5.43 Å². The van der Waals surface area contributed by atoms with Crippen molar-refractivity contribution in [2.75, 3.05) is 5.43 Å². The van der Waals surface area contributed by atoms with Gasteiger partial charge in [-0.15, -0.1) is 5.01 Å². The third-order valence-electron chi connectivity index (χ3n) is 1.21. The quantitative estimate of drug-likeness (QED) is 0.400. The fourth-order valence-electron chi connectivity index (χ4n) is 0.714. The topological polar surface area (TPSA) is 62.9 Å². The van der Waals surface area contributed by atoms with Crippen LogP contribution in [0.4, 0.5) is 5.69 Å². The lowest BCUT2D eigenvalue weighted by Crippen LogP contribution is -2.18. The van der Waals surface area contributed by atoms with Gasteiger partial charge in [-0.2, -0.15) is 10.5 Å². The molecule has 0 spiro atoms. The van der Waals surface area contributed by atoms with Crippen molar-refractivity contribution >= 4 is 5.69 Å². The van der Waals surface area contributed by atoms with E-state index in [9.17, 15) is 0 Å². The molecule has 0 aromatic heterocycles. The van der Waals surface area contributed by atoms with Gasteiger partial charge in [0.05, 0.1) is 5.69 Å². The van der Waals surface area contributed by atoms with Gasteiger partial charge in [0, 0.05) is 0 Å². The molecule has 1 N–H and O–H groups in total. The van der Waals surface area contributed by atoms with Gasteiger partial charge in [0.2, 0.25) is 12.4 Å². The first-order chi connectivity index (χ1) is 5.86. The molecule has 0 fully saturated rings. The van der Waals surface area contributed by atoms with Crippen molar-refractivity contribution in [3.05, 3.63) is 30.3 Å². The smallest absolute Gasteiger partial charge is 0.215 e. The van der Waals surface area contributed by atoms with E-state index in [1.807, 2.05) is 18.2 Å². The van der Waals surface area contributed by atoms with Crippen molar-refractivity contribution in [1.29, 1.82) is 10.5 Å². The van der Waals surface area contributed by atoms with E-state index in [0.717, 1.165) is 5.01 Å². The SMILES string of the molecule is N#CN(C#N)Nc1ccccc1. The molecule has 0 bridgehead atoms. The van der Waals surface area contributed by atoms with Crippen molar-refractivity contribution < 1.29 is 0 Å². The van der Waals surface area contributed by atoms with Gasteiger partial charge < -0.3 is 0 Å². The number of hydrogen-bond donors (Lipinski definition) is 1. The minimum Gasteiger partial charge on any atom is -0.276 e. The second-order valence-electron chi connectivity index (χ2n) is 2.01. The summed E-state index contributed by atoms with van der Waals surface area (Å²) in [4.78, 5) is 0. The standard InChI is InChI=1S/C8H6N4/c9-6-12(7-10)11-8-4-2-1-3-5-8/h1-5,11H. The van der Waals surface area contributed by atoms with Crippen LogP contribution in [0.2, 0.25) is 0 Å². The number of benzene rings is 1. The second-order valence-corrected chi connectivity index (χ2v) is 2.01.